The second-order valence-electron chi connectivity index (χ2n) is 6.53. The third-order valence-electron chi connectivity index (χ3n) is 4.19. The summed E-state index contributed by atoms with van der Waals surface area (Å²) < 4.78 is 5.12. The van der Waals surface area contributed by atoms with Gasteiger partial charge in [-0.3, -0.25) is 9.59 Å². The Morgan fingerprint density at radius 3 is 1.69 bits per heavy atom. The molecule has 0 saturated heterocycles. The molecule has 0 saturated carbocycles. The first-order valence-corrected chi connectivity index (χ1v) is 9.19. The van der Waals surface area contributed by atoms with E-state index < -0.39 is 0 Å². The Morgan fingerprint density at radius 2 is 1.21 bits per heavy atom. The van der Waals surface area contributed by atoms with Crippen molar-refractivity contribution >= 4 is 34.6 Å². The molecule has 0 aliphatic heterocycles. The van der Waals surface area contributed by atoms with E-state index in [1.807, 2.05) is 72.8 Å². The summed E-state index contributed by atoms with van der Waals surface area (Å²) in [6.07, 6.45) is 0.296. The standard InChI is InChI=1S/C23H23N3O3/c1-16(27)24-18-5-7-19(8-6-18)25-20-9-11-21(12-10-20)26-23(28)15-17-3-13-22(29-2)14-4-17/h3-14,25H,15H2,1-2H3,(H,24,27)(H,26,28). The van der Waals surface area contributed by atoms with Crippen molar-refractivity contribution in [2.45, 2.75) is 13.3 Å². The van der Waals surface area contributed by atoms with Crippen molar-refractivity contribution < 1.29 is 14.3 Å². The van der Waals surface area contributed by atoms with Gasteiger partial charge in [-0.25, -0.2) is 0 Å². The van der Waals surface area contributed by atoms with Gasteiger partial charge in [0, 0.05) is 29.7 Å². The molecule has 0 aliphatic rings. The maximum Gasteiger partial charge on any atom is 0.228 e. The minimum atomic E-state index is -0.102. The first-order valence-electron chi connectivity index (χ1n) is 9.19. The Kier molecular flexibility index (Phi) is 6.47. The third-order valence-corrected chi connectivity index (χ3v) is 4.19. The monoisotopic (exact) mass is 389 g/mol. The van der Waals surface area contributed by atoms with Gasteiger partial charge in [-0.2, -0.15) is 0 Å². The molecule has 3 rings (SSSR count). The molecule has 2 amide bonds. The van der Waals surface area contributed by atoms with Crippen LogP contribution in [0.3, 0.4) is 0 Å². The van der Waals surface area contributed by atoms with Crippen LogP contribution in [0, 0.1) is 0 Å². The second-order valence-corrected chi connectivity index (χ2v) is 6.53. The highest BCUT2D eigenvalue weighted by Crippen LogP contribution is 2.21. The van der Waals surface area contributed by atoms with Gasteiger partial charge >= 0.3 is 0 Å². The van der Waals surface area contributed by atoms with Crippen molar-refractivity contribution in [3.05, 3.63) is 78.4 Å². The van der Waals surface area contributed by atoms with Crippen molar-refractivity contribution in [2.24, 2.45) is 0 Å². The van der Waals surface area contributed by atoms with Gasteiger partial charge in [-0.15, -0.1) is 0 Å². The number of anilines is 4. The predicted molar refractivity (Wildman–Crippen MR) is 116 cm³/mol. The molecule has 3 N–H and O–H groups in total. The van der Waals surface area contributed by atoms with Crippen LogP contribution in [0.5, 0.6) is 5.75 Å². The van der Waals surface area contributed by atoms with E-state index in [-0.39, 0.29) is 11.8 Å². The Bertz CT molecular complexity index is 966. The van der Waals surface area contributed by atoms with Gasteiger partial charge in [0.1, 0.15) is 5.75 Å². The molecule has 3 aromatic rings. The number of carbonyl (C=O) groups is 2. The first-order chi connectivity index (χ1) is 14.0. The van der Waals surface area contributed by atoms with Crippen LogP contribution in [0.1, 0.15) is 12.5 Å². The van der Waals surface area contributed by atoms with Crippen LogP contribution in [-0.2, 0) is 16.0 Å². The molecular formula is C23H23N3O3. The summed E-state index contributed by atoms with van der Waals surface area (Å²) in [5.41, 5.74) is 4.19. The van der Waals surface area contributed by atoms with Crippen LogP contribution in [-0.4, -0.2) is 18.9 Å². The van der Waals surface area contributed by atoms with Gasteiger partial charge in [0.25, 0.3) is 0 Å². The number of hydrogen-bond donors (Lipinski definition) is 3. The van der Waals surface area contributed by atoms with E-state index in [9.17, 15) is 9.59 Å². The molecule has 0 spiro atoms. The van der Waals surface area contributed by atoms with Crippen molar-refractivity contribution in [1.82, 2.24) is 0 Å². The van der Waals surface area contributed by atoms with Crippen LogP contribution in [0.4, 0.5) is 22.7 Å². The van der Waals surface area contributed by atoms with Gasteiger partial charge in [0.05, 0.1) is 13.5 Å². The fourth-order valence-electron chi connectivity index (χ4n) is 2.78. The number of hydrogen-bond acceptors (Lipinski definition) is 4. The Labute approximate surface area is 169 Å². The highest BCUT2D eigenvalue weighted by molar-refractivity contribution is 5.92. The molecule has 6 nitrogen and oxygen atoms in total. The average molecular weight is 389 g/mol. The number of methoxy groups -OCH3 is 1. The van der Waals surface area contributed by atoms with Crippen LogP contribution >= 0.6 is 0 Å². The lowest BCUT2D eigenvalue weighted by atomic mass is 10.1. The van der Waals surface area contributed by atoms with Gasteiger partial charge in [-0.05, 0) is 66.2 Å². The van der Waals surface area contributed by atoms with Crippen molar-refractivity contribution in [1.29, 1.82) is 0 Å². The van der Waals surface area contributed by atoms with Gasteiger partial charge in [0.2, 0.25) is 11.8 Å². The van der Waals surface area contributed by atoms with E-state index in [0.29, 0.717) is 6.42 Å². The zero-order valence-corrected chi connectivity index (χ0v) is 16.4. The lowest BCUT2D eigenvalue weighted by Gasteiger charge is -2.10. The molecule has 0 fully saturated rings. The van der Waals surface area contributed by atoms with Crippen LogP contribution in [0.25, 0.3) is 0 Å². The van der Waals surface area contributed by atoms with Crippen molar-refractivity contribution in [2.75, 3.05) is 23.1 Å². The molecule has 0 aromatic heterocycles. The van der Waals surface area contributed by atoms with Crippen molar-refractivity contribution in [3.8, 4) is 5.75 Å². The predicted octanol–water partition coefficient (Wildman–Crippen LogP) is 4.58. The van der Waals surface area contributed by atoms with Crippen LogP contribution < -0.4 is 20.7 Å². The second kappa shape index (κ2) is 9.41. The molecule has 29 heavy (non-hydrogen) atoms. The topological polar surface area (TPSA) is 79.5 Å². The van der Waals surface area contributed by atoms with Gasteiger partial charge < -0.3 is 20.7 Å². The molecule has 0 atom stereocenters. The maximum atomic E-state index is 12.2. The molecule has 0 heterocycles. The van der Waals surface area contributed by atoms with E-state index in [2.05, 4.69) is 16.0 Å². The van der Waals surface area contributed by atoms with Crippen molar-refractivity contribution in [3.63, 3.8) is 0 Å². The maximum absolute atomic E-state index is 12.2. The molecular weight excluding hydrogens is 366 g/mol. The van der Waals surface area contributed by atoms with E-state index in [1.54, 1.807) is 7.11 Å². The summed E-state index contributed by atoms with van der Waals surface area (Å²) in [4.78, 5) is 23.3. The van der Waals surface area contributed by atoms with E-state index >= 15 is 0 Å². The molecule has 0 aliphatic carbocycles. The molecule has 148 valence electrons. The summed E-state index contributed by atoms with van der Waals surface area (Å²) in [5, 5.41) is 8.91. The highest BCUT2D eigenvalue weighted by atomic mass is 16.5. The summed E-state index contributed by atoms with van der Waals surface area (Å²) in [5.74, 6) is 0.585. The normalized spacial score (nSPS) is 10.1. The van der Waals surface area contributed by atoms with Crippen LogP contribution in [0.2, 0.25) is 0 Å². The molecule has 0 unspecified atom stereocenters. The lowest BCUT2D eigenvalue weighted by Crippen LogP contribution is -2.14. The summed E-state index contributed by atoms with van der Waals surface area (Å²) in [6, 6.07) is 22.3. The largest absolute Gasteiger partial charge is 0.497 e. The Balaban J connectivity index is 1.53. The van der Waals surface area contributed by atoms with E-state index in [0.717, 1.165) is 34.1 Å². The number of nitrogens with one attached hydrogen (secondary N) is 3. The fraction of sp³-hybridized carbons (Fsp3) is 0.130. The summed E-state index contributed by atoms with van der Waals surface area (Å²) in [6.45, 7) is 1.48. The molecule has 3 aromatic carbocycles. The zero-order chi connectivity index (χ0) is 20.6. The number of carbonyl (C=O) groups excluding carboxylic acids is 2. The SMILES string of the molecule is COc1ccc(CC(=O)Nc2ccc(Nc3ccc(NC(C)=O)cc3)cc2)cc1. The summed E-state index contributed by atoms with van der Waals surface area (Å²) in [7, 11) is 1.61. The number of rotatable bonds is 7. The highest BCUT2D eigenvalue weighted by Gasteiger charge is 2.05. The zero-order valence-electron chi connectivity index (χ0n) is 16.4. The van der Waals surface area contributed by atoms with E-state index in [1.165, 1.54) is 6.92 Å². The molecule has 0 bridgehead atoms. The first kappa shape index (κ1) is 19.9. The minimum Gasteiger partial charge on any atom is -0.497 e. The quantitative estimate of drug-likeness (QED) is 0.553. The van der Waals surface area contributed by atoms with Gasteiger partial charge in [-0.1, -0.05) is 12.1 Å². The Hall–Kier alpha value is -3.80. The molecule has 6 heteroatoms. The smallest absolute Gasteiger partial charge is 0.228 e. The average Bonchev–Trinajstić information content (AvgIpc) is 2.71. The number of amides is 2. The summed E-state index contributed by atoms with van der Waals surface area (Å²) >= 11 is 0. The number of benzene rings is 3. The van der Waals surface area contributed by atoms with Crippen LogP contribution in [0.15, 0.2) is 72.8 Å². The molecule has 0 radical (unpaired) electrons. The fourth-order valence-corrected chi connectivity index (χ4v) is 2.78. The van der Waals surface area contributed by atoms with E-state index in [4.69, 9.17) is 4.74 Å². The third kappa shape index (κ3) is 6.10. The minimum absolute atomic E-state index is 0.0792. The Morgan fingerprint density at radius 1 is 0.724 bits per heavy atom. The number of ether oxygens (including phenoxy) is 1. The lowest BCUT2D eigenvalue weighted by molar-refractivity contribution is -0.116. The van der Waals surface area contributed by atoms with Gasteiger partial charge in [0.15, 0.2) is 0 Å².